The van der Waals surface area contributed by atoms with E-state index in [0.29, 0.717) is 24.5 Å². The Kier molecular flexibility index (Phi) is 5.55. The van der Waals surface area contributed by atoms with Crippen LogP contribution >= 0.6 is 0 Å². The minimum atomic E-state index is -4.56. The summed E-state index contributed by atoms with van der Waals surface area (Å²) in [6, 6.07) is 2.33. The van der Waals surface area contributed by atoms with E-state index >= 15 is 0 Å². The Labute approximate surface area is 165 Å². The van der Waals surface area contributed by atoms with Gasteiger partial charge in [-0.05, 0) is 39.3 Å². The lowest BCUT2D eigenvalue weighted by Crippen LogP contribution is -2.46. The zero-order valence-corrected chi connectivity index (χ0v) is 16.3. The normalized spacial score (nSPS) is 20.6. The highest BCUT2D eigenvalue weighted by Crippen LogP contribution is 2.33. The molecule has 3 heterocycles. The van der Waals surface area contributed by atoms with E-state index in [1.165, 1.54) is 17.2 Å². The highest BCUT2D eigenvalue weighted by atomic mass is 19.4. The van der Waals surface area contributed by atoms with Crippen molar-refractivity contribution < 1.29 is 27.1 Å². The van der Waals surface area contributed by atoms with Gasteiger partial charge in [0.15, 0.2) is 0 Å². The molecule has 1 fully saturated rings. The van der Waals surface area contributed by atoms with Crippen LogP contribution in [0.25, 0.3) is 11.3 Å². The van der Waals surface area contributed by atoms with Gasteiger partial charge >= 0.3 is 12.3 Å². The number of likely N-dealkylation sites (tertiary alicyclic amines) is 1. The van der Waals surface area contributed by atoms with Gasteiger partial charge in [0.05, 0.1) is 24.4 Å². The fourth-order valence-electron chi connectivity index (χ4n) is 3.13. The van der Waals surface area contributed by atoms with E-state index in [2.05, 4.69) is 15.0 Å². The van der Waals surface area contributed by atoms with Gasteiger partial charge in [0.1, 0.15) is 23.3 Å². The zero-order chi connectivity index (χ0) is 21.4. The minimum absolute atomic E-state index is 0.136. The van der Waals surface area contributed by atoms with Crippen molar-refractivity contribution in [3.63, 3.8) is 0 Å². The fourth-order valence-corrected chi connectivity index (χ4v) is 3.13. The highest BCUT2D eigenvalue weighted by molar-refractivity contribution is 5.68. The third-order valence-electron chi connectivity index (χ3n) is 4.50. The van der Waals surface area contributed by atoms with Crippen LogP contribution in [0.2, 0.25) is 0 Å². The first-order chi connectivity index (χ1) is 13.4. The molecule has 2 atom stereocenters. The molecule has 0 aliphatic carbocycles. The summed E-state index contributed by atoms with van der Waals surface area (Å²) in [6.45, 7) is 5.36. The summed E-state index contributed by atoms with van der Waals surface area (Å²) in [7, 11) is 0. The summed E-state index contributed by atoms with van der Waals surface area (Å²) in [6.07, 6.45) is -3.75. The molecule has 0 unspecified atom stereocenters. The van der Waals surface area contributed by atoms with Crippen LogP contribution in [0.3, 0.4) is 0 Å². The number of nitrogens with zero attached hydrogens (tertiary/aromatic N) is 3. The Balaban J connectivity index is 1.71. The first kappa shape index (κ1) is 21.1. The first-order valence-electron chi connectivity index (χ1n) is 9.14. The molecule has 158 valence electrons. The predicted molar refractivity (Wildman–Crippen MR) is 96.9 cm³/mol. The number of halogens is 4. The molecular weight excluding hydrogens is 392 g/mol. The van der Waals surface area contributed by atoms with Crippen LogP contribution < -0.4 is 0 Å². The number of amides is 1. The van der Waals surface area contributed by atoms with Crippen molar-refractivity contribution in [2.24, 2.45) is 0 Å². The summed E-state index contributed by atoms with van der Waals surface area (Å²) in [5.41, 5.74) is -1.09. The number of alkyl halides is 4. The second-order valence-electron chi connectivity index (χ2n) is 7.95. The van der Waals surface area contributed by atoms with E-state index in [1.54, 1.807) is 20.8 Å². The lowest BCUT2D eigenvalue weighted by Gasteiger charge is -2.34. The van der Waals surface area contributed by atoms with Crippen molar-refractivity contribution in [3.05, 3.63) is 36.0 Å². The van der Waals surface area contributed by atoms with Crippen molar-refractivity contribution in [2.45, 2.75) is 51.1 Å². The maximum absolute atomic E-state index is 14.7. The van der Waals surface area contributed by atoms with Gasteiger partial charge < -0.3 is 14.6 Å². The van der Waals surface area contributed by atoms with Gasteiger partial charge in [0.2, 0.25) is 0 Å². The molecule has 0 bridgehead atoms. The maximum Gasteiger partial charge on any atom is 0.433 e. The number of H-pyrrole nitrogens is 1. The molecule has 1 amide bonds. The third kappa shape index (κ3) is 5.04. The summed E-state index contributed by atoms with van der Waals surface area (Å²) in [5, 5.41) is 0. The number of pyridine rings is 1. The minimum Gasteiger partial charge on any atom is -0.444 e. The monoisotopic (exact) mass is 414 g/mol. The second kappa shape index (κ2) is 7.64. The summed E-state index contributed by atoms with van der Waals surface area (Å²) in [5.74, 6) is -0.256. The smallest absolute Gasteiger partial charge is 0.433 e. The number of aromatic amines is 1. The Hall–Kier alpha value is -2.65. The standard InChI is InChI=1S/C19H22F4N4O2/c1-18(2,3)29-17(28)27-7-5-12(13(20)10-27)16-25-9-14(26-16)11-4-6-24-15(8-11)19(21,22)23/h4,6,8-9,12-13H,5,7,10H2,1-3H3,(H,25,26)/t12-,13+/m0/s1. The quantitative estimate of drug-likeness (QED) is 0.732. The van der Waals surface area contributed by atoms with Gasteiger partial charge in [-0.2, -0.15) is 13.2 Å². The second-order valence-corrected chi connectivity index (χ2v) is 7.95. The molecule has 10 heteroatoms. The van der Waals surface area contributed by atoms with Crippen molar-refractivity contribution in [2.75, 3.05) is 13.1 Å². The molecule has 2 aromatic rings. The average Bonchev–Trinajstić information content (AvgIpc) is 3.09. The van der Waals surface area contributed by atoms with Crippen LogP contribution in [-0.4, -0.2) is 50.8 Å². The topological polar surface area (TPSA) is 71.1 Å². The summed E-state index contributed by atoms with van der Waals surface area (Å²) < 4.78 is 58.6. The number of ether oxygens (including phenoxy) is 1. The molecule has 0 spiro atoms. The average molecular weight is 414 g/mol. The number of rotatable bonds is 2. The number of carbonyl (C=O) groups excluding carboxylic acids is 1. The number of aromatic nitrogens is 3. The summed E-state index contributed by atoms with van der Waals surface area (Å²) in [4.78, 5) is 23.8. The molecular formula is C19H22F4N4O2. The Morgan fingerprint density at radius 3 is 2.62 bits per heavy atom. The molecule has 1 N–H and O–H groups in total. The molecule has 2 aromatic heterocycles. The van der Waals surface area contributed by atoms with Crippen LogP contribution in [0.1, 0.15) is 44.6 Å². The third-order valence-corrected chi connectivity index (χ3v) is 4.50. The van der Waals surface area contributed by atoms with Gasteiger partial charge in [0, 0.05) is 18.3 Å². The van der Waals surface area contributed by atoms with Crippen LogP contribution in [0.4, 0.5) is 22.4 Å². The molecule has 0 radical (unpaired) electrons. The van der Waals surface area contributed by atoms with E-state index in [1.807, 2.05) is 0 Å². The van der Waals surface area contributed by atoms with Crippen molar-refractivity contribution in [1.29, 1.82) is 0 Å². The maximum atomic E-state index is 14.7. The van der Waals surface area contributed by atoms with Crippen molar-refractivity contribution >= 4 is 6.09 Å². The van der Waals surface area contributed by atoms with E-state index in [-0.39, 0.29) is 12.1 Å². The SMILES string of the molecule is CC(C)(C)OC(=O)N1CC[C@H](c2ncc(-c3ccnc(C(F)(F)F)c3)[nH]2)[C@H](F)C1. The van der Waals surface area contributed by atoms with Crippen molar-refractivity contribution in [1.82, 2.24) is 19.9 Å². The first-order valence-corrected chi connectivity index (χ1v) is 9.14. The molecule has 6 nitrogen and oxygen atoms in total. The van der Waals surface area contributed by atoms with Gasteiger partial charge in [-0.3, -0.25) is 4.98 Å². The number of imidazole rings is 1. The molecule has 3 rings (SSSR count). The number of carbonyl (C=O) groups is 1. The van der Waals surface area contributed by atoms with Gasteiger partial charge in [0.25, 0.3) is 0 Å². The van der Waals surface area contributed by atoms with E-state index < -0.39 is 35.7 Å². The molecule has 0 aromatic carbocycles. The van der Waals surface area contributed by atoms with Crippen LogP contribution in [0.5, 0.6) is 0 Å². The molecule has 29 heavy (non-hydrogen) atoms. The highest BCUT2D eigenvalue weighted by Gasteiger charge is 2.36. The molecule has 1 aliphatic heterocycles. The zero-order valence-electron chi connectivity index (χ0n) is 16.3. The Morgan fingerprint density at radius 2 is 2.00 bits per heavy atom. The lowest BCUT2D eigenvalue weighted by atomic mass is 9.94. The Bertz CT molecular complexity index is 876. The number of hydrogen-bond acceptors (Lipinski definition) is 4. The summed E-state index contributed by atoms with van der Waals surface area (Å²) >= 11 is 0. The Morgan fingerprint density at radius 1 is 1.28 bits per heavy atom. The molecule has 1 aliphatic rings. The molecule has 0 saturated carbocycles. The van der Waals surface area contributed by atoms with Gasteiger partial charge in [-0.25, -0.2) is 14.2 Å². The predicted octanol–water partition coefficient (Wildman–Crippen LogP) is 4.55. The van der Waals surface area contributed by atoms with Gasteiger partial charge in [-0.15, -0.1) is 0 Å². The number of piperidine rings is 1. The fraction of sp³-hybridized carbons (Fsp3) is 0.526. The largest absolute Gasteiger partial charge is 0.444 e. The van der Waals surface area contributed by atoms with Crippen LogP contribution in [-0.2, 0) is 10.9 Å². The molecule has 1 saturated heterocycles. The lowest BCUT2D eigenvalue weighted by molar-refractivity contribution is -0.141. The van der Waals surface area contributed by atoms with E-state index in [9.17, 15) is 22.4 Å². The van der Waals surface area contributed by atoms with Gasteiger partial charge in [-0.1, -0.05) is 0 Å². The van der Waals surface area contributed by atoms with E-state index in [0.717, 1.165) is 12.3 Å². The van der Waals surface area contributed by atoms with Crippen LogP contribution in [0, 0.1) is 0 Å². The van der Waals surface area contributed by atoms with Crippen LogP contribution in [0.15, 0.2) is 24.5 Å². The number of hydrogen-bond donors (Lipinski definition) is 1. The van der Waals surface area contributed by atoms with E-state index in [4.69, 9.17) is 4.74 Å². The van der Waals surface area contributed by atoms with Crippen molar-refractivity contribution in [3.8, 4) is 11.3 Å². The number of nitrogens with one attached hydrogen (secondary N) is 1.